The summed E-state index contributed by atoms with van der Waals surface area (Å²) in [6.45, 7) is -0.141. The zero-order valence-corrected chi connectivity index (χ0v) is 13.9. The van der Waals surface area contributed by atoms with Crippen molar-refractivity contribution < 1.29 is 22.3 Å². The predicted octanol–water partition coefficient (Wildman–Crippen LogP) is 2.23. The van der Waals surface area contributed by atoms with Crippen LogP contribution in [0.3, 0.4) is 0 Å². The van der Waals surface area contributed by atoms with Crippen molar-refractivity contribution >= 4 is 21.7 Å². The van der Waals surface area contributed by atoms with Gasteiger partial charge in [0.05, 0.1) is 16.4 Å². The summed E-state index contributed by atoms with van der Waals surface area (Å²) in [4.78, 5) is 20.9. The number of non-ortho nitro benzene ring substituents is 1. The molecule has 0 saturated carbocycles. The number of benzene rings is 2. The quantitative estimate of drug-likeness (QED) is 0.331. The highest BCUT2D eigenvalue weighted by Crippen LogP contribution is 2.25. The molecule has 0 aromatic heterocycles. The van der Waals surface area contributed by atoms with Crippen LogP contribution in [0.2, 0.25) is 0 Å². The van der Waals surface area contributed by atoms with E-state index in [1.165, 1.54) is 24.3 Å². The lowest BCUT2D eigenvalue weighted by Crippen LogP contribution is -2.13. The van der Waals surface area contributed by atoms with Gasteiger partial charge in [-0.25, -0.2) is 0 Å². The number of nitrogens with zero attached hydrogens (tertiary/aromatic N) is 1. The van der Waals surface area contributed by atoms with Gasteiger partial charge in [-0.1, -0.05) is 24.3 Å². The van der Waals surface area contributed by atoms with Crippen molar-refractivity contribution in [2.45, 2.75) is 17.7 Å². The molecule has 0 radical (unpaired) electrons. The average Bonchev–Trinajstić information content (AvgIpc) is 2.59. The predicted molar refractivity (Wildman–Crippen MR) is 90.1 cm³/mol. The second-order valence-corrected chi connectivity index (χ2v) is 6.79. The minimum Gasteiger partial charge on any atom is -0.370 e. The van der Waals surface area contributed by atoms with Gasteiger partial charge in [0, 0.05) is 18.6 Å². The van der Waals surface area contributed by atoms with Crippen LogP contribution in [0.4, 0.5) is 5.69 Å². The third-order valence-electron chi connectivity index (χ3n) is 3.34. The van der Waals surface area contributed by atoms with E-state index in [0.717, 1.165) is 0 Å². The average molecular weight is 364 g/mol. The molecule has 132 valence electrons. The van der Waals surface area contributed by atoms with Gasteiger partial charge in [-0.2, -0.15) is 8.42 Å². The number of carbonyl (C=O) groups is 1. The molecule has 9 heteroatoms. The molecule has 0 aliphatic rings. The van der Waals surface area contributed by atoms with E-state index in [1.807, 2.05) is 0 Å². The molecule has 0 aliphatic carbocycles. The van der Waals surface area contributed by atoms with E-state index in [-0.39, 0.29) is 30.0 Å². The van der Waals surface area contributed by atoms with Crippen LogP contribution in [0.15, 0.2) is 53.4 Å². The van der Waals surface area contributed by atoms with E-state index >= 15 is 0 Å². The number of primary amides is 1. The number of hydrogen-bond acceptors (Lipinski definition) is 6. The smallest absolute Gasteiger partial charge is 0.296 e. The molecule has 1 amide bonds. The maximum absolute atomic E-state index is 12.0. The van der Waals surface area contributed by atoms with Crippen LogP contribution in [0.1, 0.15) is 12.8 Å². The summed E-state index contributed by atoms with van der Waals surface area (Å²) in [6, 6.07) is 11.8. The van der Waals surface area contributed by atoms with E-state index in [4.69, 9.17) is 9.92 Å². The van der Waals surface area contributed by atoms with Gasteiger partial charge in [-0.05, 0) is 29.7 Å². The second-order valence-electron chi connectivity index (χ2n) is 5.18. The molecule has 25 heavy (non-hydrogen) atoms. The highest BCUT2D eigenvalue weighted by molar-refractivity contribution is 7.86. The fourth-order valence-electron chi connectivity index (χ4n) is 2.10. The van der Waals surface area contributed by atoms with Gasteiger partial charge in [-0.15, -0.1) is 0 Å². The number of hydrogen-bond donors (Lipinski definition) is 1. The van der Waals surface area contributed by atoms with Crippen LogP contribution in [0.5, 0.6) is 0 Å². The van der Waals surface area contributed by atoms with Gasteiger partial charge in [0.25, 0.3) is 15.8 Å². The Hall–Kier alpha value is -2.78. The number of nitrogens with two attached hydrogens (primary N) is 1. The molecule has 0 heterocycles. The molecule has 0 atom stereocenters. The molecular formula is C16H16N2O6S. The Bertz CT molecular complexity index is 878. The molecule has 2 aromatic carbocycles. The van der Waals surface area contributed by atoms with Crippen molar-refractivity contribution in [1.29, 1.82) is 0 Å². The standard InChI is InChI=1S/C16H16N2O6S/c17-16(19)5-2-10-24-25(22,23)15-8-6-12(7-9-15)13-3-1-4-14(11-13)18(20)21/h1,3-4,6-9,11H,2,5,10H2,(H2,17,19). The van der Waals surface area contributed by atoms with Gasteiger partial charge >= 0.3 is 0 Å². The molecule has 2 N–H and O–H groups in total. The lowest BCUT2D eigenvalue weighted by molar-refractivity contribution is -0.384. The Morgan fingerprint density at radius 1 is 1.12 bits per heavy atom. The maximum atomic E-state index is 12.0. The fraction of sp³-hybridized carbons (Fsp3) is 0.188. The normalized spacial score (nSPS) is 11.2. The molecule has 0 fully saturated rings. The Labute approximate surface area is 144 Å². The molecular weight excluding hydrogens is 348 g/mol. The zero-order valence-electron chi connectivity index (χ0n) is 13.1. The number of carbonyl (C=O) groups excluding carboxylic acids is 1. The molecule has 2 aromatic rings. The van der Waals surface area contributed by atoms with E-state index in [2.05, 4.69) is 0 Å². The number of amides is 1. The maximum Gasteiger partial charge on any atom is 0.296 e. The van der Waals surface area contributed by atoms with Crippen molar-refractivity contribution in [2.24, 2.45) is 5.73 Å². The molecule has 0 spiro atoms. The van der Waals surface area contributed by atoms with Crippen molar-refractivity contribution in [3.63, 3.8) is 0 Å². The van der Waals surface area contributed by atoms with Crippen molar-refractivity contribution in [3.05, 3.63) is 58.6 Å². The first kappa shape index (κ1) is 18.6. The Balaban J connectivity index is 2.12. The van der Waals surface area contributed by atoms with Crippen LogP contribution in [0, 0.1) is 10.1 Å². The van der Waals surface area contributed by atoms with Crippen molar-refractivity contribution in [3.8, 4) is 11.1 Å². The Morgan fingerprint density at radius 2 is 1.80 bits per heavy atom. The third kappa shape index (κ3) is 5.10. The fourth-order valence-corrected chi connectivity index (χ4v) is 3.04. The third-order valence-corrected chi connectivity index (χ3v) is 4.67. The van der Waals surface area contributed by atoms with Gasteiger partial charge in [0.2, 0.25) is 5.91 Å². The molecule has 0 bridgehead atoms. The highest BCUT2D eigenvalue weighted by atomic mass is 32.2. The lowest BCUT2D eigenvalue weighted by atomic mass is 10.1. The number of nitro benzene ring substituents is 1. The zero-order chi connectivity index (χ0) is 18.4. The summed E-state index contributed by atoms with van der Waals surface area (Å²) in [5.74, 6) is -0.526. The molecule has 8 nitrogen and oxygen atoms in total. The summed E-state index contributed by atoms with van der Waals surface area (Å²) < 4.78 is 28.9. The van der Waals surface area contributed by atoms with Gasteiger partial charge in [0.15, 0.2) is 0 Å². The summed E-state index contributed by atoms with van der Waals surface area (Å²) in [5.41, 5.74) is 6.15. The summed E-state index contributed by atoms with van der Waals surface area (Å²) in [6.07, 6.45) is 0.252. The van der Waals surface area contributed by atoms with Gasteiger partial charge in [-0.3, -0.25) is 19.1 Å². The van der Waals surface area contributed by atoms with E-state index < -0.39 is 20.9 Å². The van der Waals surface area contributed by atoms with Crippen molar-refractivity contribution in [1.82, 2.24) is 0 Å². The van der Waals surface area contributed by atoms with E-state index in [1.54, 1.807) is 24.3 Å². The first-order chi connectivity index (χ1) is 11.8. The van der Waals surface area contributed by atoms with Crippen LogP contribution in [-0.2, 0) is 19.1 Å². The minimum absolute atomic E-state index is 0.0410. The first-order valence-corrected chi connectivity index (χ1v) is 8.73. The van der Waals surface area contributed by atoms with E-state index in [9.17, 15) is 23.3 Å². The second kappa shape index (κ2) is 7.86. The number of nitro groups is 1. The Morgan fingerprint density at radius 3 is 2.40 bits per heavy atom. The summed E-state index contributed by atoms with van der Waals surface area (Å²) in [7, 11) is -3.94. The van der Waals surface area contributed by atoms with Crippen LogP contribution >= 0.6 is 0 Å². The van der Waals surface area contributed by atoms with Gasteiger partial charge in [0.1, 0.15) is 0 Å². The SMILES string of the molecule is NC(=O)CCCOS(=O)(=O)c1ccc(-c2cccc([N+](=O)[O-])c2)cc1. The van der Waals surface area contributed by atoms with Crippen LogP contribution < -0.4 is 5.73 Å². The van der Waals surface area contributed by atoms with Crippen molar-refractivity contribution in [2.75, 3.05) is 6.61 Å². The molecule has 0 saturated heterocycles. The van der Waals surface area contributed by atoms with Gasteiger partial charge < -0.3 is 5.73 Å². The topological polar surface area (TPSA) is 130 Å². The Kier molecular flexibility index (Phi) is 5.84. The lowest BCUT2D eigenvalue weighted by Gasteiger charge is -2.07. The molecule has 0 unspecified atom stereocenters. The van der Waals surface area contributed by atoms with E-state index in [0.29, 0.717) is 11.1 Å². The molecule has 0 aliphatic heterocycles. The first-order valence-electron chi connectivity index (χ1n) is 7.32. The minimum atomic E-state index is -3.94. The number of rotatable bonds is 8. The summed E-state index contributed by atoms with van der Waals surface area (Å²) in [5, 5.41) is 10.8. The monoisotopic (exact) mass is 364 g/mol. The highest BCUT2D eigenvalue weighted by Gasteiger charge is 2.15. The summed E-state index contributed by atoms with van der Waals surface area (Å²) >= 11 is 0. The molecule has 2 rings (SSSR count). The largest absolute Gasteiger partial charge is 0.370 e. The van der Waals surface area contributed by atoms with Crippen LogP contribution in [-0.4, -0.2) is 25.9 Å². The van der Waals surface area contributed by atoms with Crippen LogP contribution in [0.25, 0.3) is 11.1 Å².